The summed E-state index contributed by atoms with van der Waals surface area (Å²) in [6, 6.07) is 7.11. The number of rotatable bonds is 5. The van der Waals surface area contributed by atoms with Gasteiger partial charge >= 0.3 is 0 Å². The lowest BCUT2D eigenvalue weighted by molar-refractivity contribution is -0.115. The van der Waals surface area contributed by atoms with Gasteiger partial charge in [-0.15, -0.1) is 10.2 Å². The molecule has 0 radical (unpaired) electrons. The number of aryl methyl sites for hydroxylation is 1. The summed E-state index contributed by atoms with van der Waals surface area (Å²) in [5.41, 5.74) is 1.18. The van der Waals surface area contributed by atoms with Crippen LogP contribution in [-0.4, -0.2) is 25.9 Å². The minimum Gasteiger partial charge on any atom is -0.323 e. The molecule has 0 saturated carbocycles. The fraction of sp³-hybridized carbons (Fsp3) is 0.167. The number of aromatic nitrogens is 3. The van der Waals surface area contributed by atoms with Crippen LogP contribution in [0.1, 0.15) is 12.5 Å². The molecule has 146 valence electrons. The van der Waals surface area contributed by atoms with Crippen LogP contribution in [0.15, 0.2) is 41.8 Å². The van der Waals surface area contributed by atoms with Gasteiger partial charge in [0, 0.05) is 5.02 Å². The van der Waals surface area contributed by atoms with Gasteiger partial charge in [-0.3, -0.25) is 9.36 Å². The van der Waals surface area contributed by atoms with Crippen molar-refractivity contribution in [1.82, 2.24) is 14.8 Å². The van der Waals surface area contributed by atoms with Gasteiger partial charge < -0.3 is 5.32 Å². The molecule has 1 unspecified atom stereocenters. The molecular formula is C18H14ClF3N4OS. The number of hydrogen-bond donors (Lipinski definition) is 1. The van der Waals surface area contributed by atoms with Gasteiger partial charge in [0.05, 0.1) is 16.6 Å². The molecule has 1 N–H and O–H groups in total. The molecule has 5 nitrogen and oxygen atoms in total. The minimum absolute atomic E-state index is 0.410. The van der Waals surface area contributed by atoms with Gasteiger partial charge in [-0.25, -0.2) is 13.2 Å². The maximum absolute atomic E-state index is 13.7. The van der Waals surface area contributed by atoms with Crippen LogP contribution in [0.25, 0.3) is 5.69 Å². The molecule has 3 aromatic rings. The number of thioether (sulfide) groups is 1. The molecule has 10 heteroatoms. The number of nitrogens with one attached hydrogen (secondary N) is 1. The number of hydrogen-bond acceptors (Lipinski definition) is 4. The number of nitrogens with zero attached hydrogens (tertiary/aromatic N) is 3. The lowest BCUT2D eigenvalue weighted by atomic mass is 10.2. The molecule has 2 aromatic carbocycles. The number of carbonyl (C=O) groups is 1. The van der Waals surface area contributed by atoms with E-state index in [1.54, 1.807) is 17.6 Å². The van der Waals surface area contributed by atoms with E-state index < -0.39 is 34.3 Å². The third-order valence-corrected chi connectivity index (χ3v) is 5.36. The summed E-state index contributed by atoms with van der Waals surface area (Å²) in [6.45, 7) is 3.44. The molecular weight excluding hydrogens is 413 g/mol. The molecule has 1 heterocycles. The van der Waals surface area contributed by atoms with Crippen LogP contribution >= 0.6 is 23.4 Å². The number of anilines is 1. The molecule has 0 aliphatic rings. The summed E-state index contributed by atoms with van der Waals surface area (Å²) in [5, 5.41) is 10.3. The van der Waals surface area contributed by atoms with Gasteiger partial charge in [-0.05, 0) is 43.7 Å². The molecule has 3 rings (SSSR count). The second kappa shape index (κ2) is 8.24. The second-order valence-corrected chi connectivity index (χ2v) is 7.60. The zero-order valence-electron chi connectivity index (χ0n) is 14.7. The Labute approximate surface area is 167 Å². The van der Waals surface area contributed by atoms with Gasteiger partial charge in [0.1, 0.15) is 6.33 Å². The highest BCUT2D eigenvalue weighted by atomic mass is 35.5. The summed E-state index contributed by atoms with van der Waals surface area (Å²) >= 11 is 7.22. The highest BCUT2D eigenvalue weighted by molar-refractivity contribution is 8.00. The lowest BCUT2D eigenvalue weighted by Gasteiger charge is -2.13. The zero-order chi connectivity index (χ0) is 20.4. The maximum Gasteiger partial charge on any atom is 0.237 e. The molecule has 0 fully saturated rings. The van der Waals surface area contributed by atoms with E-state index in [1.165, 1.54) is 6.33 Å². The van der Waals surface area contributed by atoms with Crippen LogP contribution in [-0.2, 0) is 4.79 Å². The van der Waals surface area contributed by atoms with Crippen molar-refractivity contribution in [3.8, 4) is 5.69 Å². The predicted molar refractivity (Wildman–Crippen MR) is 101 cm³/mol. The van der Waals surface area contributed by atoms with Gasteiger partial charge in [0.25, 0.3) is 0 Å². The third-order valence-electron chi connectivity index (χ3n) is 3.89. The Morgan fingerprint density at radius 2 is 1.96 bits per heavy atom. The predicted octanol–water partition coefficient (Wildman–Crippen LogP) is 4.77. The third kappa shape index (κ3) is 4.15. The SMILES string of the molecule is Cc1ccc(-n2cnnc2SC(C)C(=O)Nc2ccc(F)c(F)c2F)cc1Cl. The fourth-order valence-electron chi connectivity index (χ4n) is 2.28. The topological polar surface area (TPSA) is 59.8 Å². The van der Waals surface area contributed by atoms with E-state index in [4.69, 9.17) is 11.6 Å². The first kappa shape index (κ1) is 20.2. The van der Waals surface area contributed by atoms with Crippen LogP contribution in [0.3, 0.4) is 0 Å². The summed E-state index contributed by atoms with van der Waals surface area (Å²) in [7, 11) is 0. The summed E-state index contributed by atoms with van der Waals surface area (Å²) < 4.78 is 41.7. The van der Waals surface area contributed by atoms with Crippen molar-refractivity contribution in [2.75, 3.05) is 5.32 Å². The van der Waals surface area contributed by atoms with Crippen molar-refractivity contribution < 1.29 is 18.0 Å². The van der Waals surface area contributed by atoms with Gasteiger partial charge in [-0.1, -0.05) is 29.4 Å². The Morgan fingerprint density at radius 3 is 2.68 bits per heavy atom. The molecule has 28 heavy (non-hydrogen) atoms. The summed E-state index contributed by atoms with van der Waals surface area (Å²) in [5.74, 6) is -5.04. The van der Waals surface area contributed by atoms with Gasteiger partial charge in [0.15, 0.2) is 22.6 Å². The first-order chi connectivity index (χ1) is 13.3. The van der Waals surface area contributed by atoms with Crippen LogP contribution < -0.4 is 5.32 Å². The average molecular weight is 427 g/mol. The number of benzene rings is 2. The van der Waals surface area contributed by atoms with E-state index in [0.29, 0.717) is 15.9 Å². The summed E-state index contributed by atoms with van der Waals surface area (Å²) in [4.78, 5) is 12.3. The first-order valence-electron chi connectivity index (χ1n) is 8.05. The minimum atomic E-state index is -1.64. The van der Waals surface area contributed by atoms with Crippen molar-refractivity contribution in [1.29, 1.82) is 0 Å². The maximum atomic E-state index is 13.7. The largest absolute Gasteiger partial charge is 0.323 e. The van der Waals surface area contributed by atoms with E-state index in [2.05, 4.69) is 15.5 Å². The van der Waals surface area contributed by atoms with Gasteiger partial charge in [-0.2, -0.15) is 0 Å². The van der Waals surface area contributed by atoms with Crippen molar-refractivity contribution >= 4 is 35.0 Å². The standard InChI is InChI=1S/C18H14ClF3N4OS/c1-9-3-4-11(7-12(9)19)26-8-23-25-18(26)28-10(2)17(27)24-14-6-5-13(20)15(21)16(14)22/h3-8,10H,1-2H3,(H,24,27). The Morgan fingerprint density at radius 1 is 1.21 bits per heavy atom. The molecule has 0 aliphatic heterocycles. The van der Waals surface area contributed by atoms with Crippen molar-refractivity contribution in [2.24, 2.45) is 0 Å². The Hall–Kier alpha value is -2.52. The molecule has 0 bridgehead atoms. The van der Waals surface area contributed by atoms with E-state index in [9.17, 15) is 18.0 Å². The molecule has 1 aromatic heterocycles. The Bertz CT molecular complexity index is 1040. The van der Waals surface area contributed by atoms with Crippen LogP contribution in [0.4, 0.5) is 18.9 Å². The average Bonchev–Trinajstić information content (AvgIpc) is 3.12. The highest BCUT2D eigenvalue weighted by Gasteiger charge is 2.21. The van der Waals surface area contributed by atoms with Crippen LogP contribution in [0.5, 0.6) is 0 Å². The highest BCUT2D eigenvalue weighted by Crippen LogP contribution is 2.27. The fourth-order valence-corrected chi connectivity index (χ4v) is 3.30. The molecule has 1 amide bonds. The van der Waals surface area contributed by atoms with Crippen molar-refractivity contribution in [3.63, 3.8) is 0 Å². The van der Waals surface area contributed by atoms with E-state index >= 15 is 0 Å². The number of carbonyl (C=O) groups excluding carboxylic acids is 1. The second-order valence-electron chi connectivity index (χ2n) is 5.89. The van der Waals surface area contributed by atoms with Crippen molar-refractivity contribution in [3.05, 3.63) is 64.7 Å². The summed E-state index contributed by atoms with van der Waals surface area (Å²) in [6.07, 6.45) is 1.48. The Kier molecular flexibility index (Phi) is 5.95. The molecule has 0 spiro atoms. The van der Waals surface area contributed by atoms with Crippen LogP contribution in [0, 0.1) is 24.4 Å². The van der Waals surface area contributed by atoms with E-state index in [-0.39, 0.29) is 0 Å². The molecule has 0 saturated heterocycles. The molecule has 1 atom stereocenters. The molecule has 0 aliphatic carbocycles. The smallest absolute Gasteiger partial charge is 0.237 e. The number of halogens is 4. The van der Waals surface area contributed by atoms with Crippen LogP contribution in [0.2, 0.25) is 5.02 Å². The quantitative estimate of drug-likeness (QED) is 0.472. The van der Waals surface area contributed by atoms with Gasteiger partial charge in [0.2, 0.25) is 5.91 Å². The zero-order valence-corrected chi connectivity index (χ0v) is 16.3. The van der Waals surface area contributed by atoms with Crippen molar-refractivity contribution in [2.45, 2.75) is 24.3 Å². The first-order valence-corrected chi connectivity index (χ1v) is 9.31. The number of amides is 1. The monoisotopic (exact) mass is 426 g/mol. The normalized spacial score (nSPS) is 12.1. The lowest BCUT2D eigenvalue weighted by Crippen LogP contribution is -2.23. The van der Waals surface area contributed by atoms with E-state index in [0.717, 1.165) is 29.5 Å². The Balaban J connectivity index is 1.76. The van der Waals surface area contributed by atoms with E-state index in [1.807, 2.05) is 19.1 Å².